The SMILES string of the molecule is CCc1c(N2CCN(c3ncccc3O)CC2)c(=O)n2nc(N3CC4(COC4)C3)nc2n1CC(=O)Nc1ccc(C(F)(F)F)cc1Cl. The van der Waals surface area contributed by atoms with E-state index in [2.05, 4.69) is 15.4 Å². The van der Waals surface area contributed by atoms with Crippen LogP contribution in [0.25, 0.3) is 5.78 Å². The van der Waals surface area contributed by atoms with Crippen LogP contribution in [0.3, 0.4) is 0 Å². The third-order valence-corrected chi connectivity index (χ3v) is 9.15. The first-order chi connectivity index (χ1) is 22.5. The molecular weight excluding hydrogens is 643 g/mol. The lowest BCUT2D eigenvalue weighted by molar-refractivity contribution is -0.137. The molecule has 3 aliphatic heterocycles. The van der Waals surface area contributed by atoms with E-state index in [-0.39, 0.29) is 39.8 Å². The number of piperazine rings is 1. The number of fused-ring (bicyclic) bond motifs is 1. The Morgan fingerprint density at radius 3 is 2.45 bits per heavy atom. The minimum Gasteiger partial charge on any atom is -0.504 e. The quantitative estimate of drug-likeness (QED) is 0.302. The zero-order valence-corrected chi connectivity index (χ0v) is 26.1. The maximum atomic E-state index is 14.1. The van der Waals surface area contributed by atoms with Crippen molar-refractivity contribution in [3.63, 3.8) is 0 Å². The molecule has 248 valence electrons. The van der Waals surface area contributed by atoms with Crippen LogP contribution >= 0.6 is 11.6 Å². The molecule has 47 heavy (non-hydrogen) atoms. The lowest BCUT2D eigenvalue weighted by Crippen LogP contribution is -2.66. The first-order valence-corrected chi connectivity index (χ1v) is 15.5. The molecule has 0 radical (unpaired) electrons. The molecule has 0 bridgehead atoms. The van der Waals surface area contributed by atoms with Crippen molar-refractivity contribution < 1.29 is 27.8 Å². The summed E-state index contributed by atoms with van der Waals surface area (Å²) >= 11 is 6.12. The van der Waals surface area contributed by atoms with Crippen LogP contribution in [-0.4, -0.2) is 87.6 Å². The van der Waals surface area contributed by atoms with E-state index < -0.39 is 17.6 Å². The van der Waals surface area contributed by atoms with Crippen LogP contribution in [0.15, 0.2) is 41.3 Å². The molecule has 13 nitrogen and oxygen atoms in total. The Kier molecular flexibility index (Phi) is 7.66. The van der Waals surface area contributed by atoms with Gasteiger partial charge in [-0.25, -0.2) is 4.98 Å². The Labute approximate surface area is 271 Å². The van der Waals surface area contributed by atoms with Crippen molar-refractivity contribution in [2.45, 2.75) is 26.1 Å². The normalized spacial score (nSPS) is 17.6. The summed E-state index contributed by atoms with van der Waals surface area (Å²) in [7, 11) is 0. The fourth-order valence-electron chi connectivity index (χ4n) is 6.43. The van der Waals surface area contributed by atoms with Gasteiger partial charge in [-0.15, -0.1) is 5.10 Å². The molecule has 0 aliphatic carbocycles. The highest BCUT2D eigenvalue weighted by Crippen LogP contribution is 2.39. The fraction of sp³-hybridized carbons (Fsp3) is 0.433. The van der Waals surface area contributed by atoms with Crippen LogP contribution < -0.4 is 25.6 Å². The topological polar surface area (TPSA) is 133 Å². The highest BCUT2D eigenvalue weighted by Gasteiger charge is 2.50. The van der Waals surface area contributed by atoms with Gasteiger partial charge < -0.3 is 34.4 Å². The highest BCUT2D eigenvalue weighted by molar-refractivity contribution is 6.33. The van der Waals surface area contributed by atoms with E-state index >= 15 is 0 Å². The second-order valence-electron chi connectivity index (χ2n) is 12.1. The predicted octanol–water partition coefficient (Wildman–Crippen LogP) is 3.03. The van der Waals surface area contributed by atoms with Crippen LogP contribution in [0, 0.1) is 5.41 Å². The number of anilines is 4. The van der Waals surface area contributed by atoms with Gasteiger partial charge in [-0.1, -0.05) is 18.5 Å². The van der Waals surface area contributed by atoms with Crippen molar-refractivity contribution in [1.82, 2.24) is 24.1 Å². The van der Waals surface area contributed by atoms with E-state index in [1.807, 2.05) is 21.6 Å². The van der Waals surface area contributed by atoms with E-state index in [1.165, 1.54) is 4.52 Å². The monoisotopic (exact) mass is 673 g/mol. The molecular formula is C30H31ClF3N9O4. The van der Waals surface area contributed by atoms with Crippen molar-refractivity contribution in [3.05, 3.63) is 63.2 Å². The van der Waals surface area contributed by atoms with Crippen molar-refractivity contribution in [1.29, 1.82) is 0 Å². The molecule has 1 amide bonds. The standard InChI is InChI=1S/C30H31ClF3N9O4/c1-2-21-24(39-8-10-40(11-9-39)25-22(44)4-3-7-35-25)26(46)43-28(37-27(38-43)41-14-29(15-41)16-47-17-29)42(21)13-23(45)36-20-6-5-18(12-19(20)31)30(32,33)34/h3-7,12,44H,2,8-11,13-17H2,1H3,(H,36,45). The number of nitrogens with zero attached hydrogens (tertiary/aromatic N) is 8. The van der Waals surface area contributed by atoms with Crippen LogP contribution in [0.4, 0.5) is 36.3 Å². The average Bonchev–Trinajstić information content (AvgIpc) is 3.43. The number of hydrogen-bond acceptors (Lipinski definition) is 10. The van der Waals surface area contributed by atoms with E-state index in [4.69, 9.17) is 21.3 Å². The summed E-state index contributed by atoms with van der Waals surface area (Å²) in [6, 6.07) is 5.92. The Hall–Kier alpha value is -4.57. The average molecular weight is 674 g/mol. The number of amides is 1. The summed E-state index contributed by atoms with van der Waals surface area (Å²) in [6.07, 6.45) is -2.62. The number of nitrogens with one attached hydrogen (secondary N) is 1. The number of benzene rings is 1. The lowest BCUT2D eigenvalue weighted by Gasteiger charge is -2.54. The molecule has 2 N–H and O–H groups in total. The van der Waals surface area contributed by atoms with Gasteiger partial charge in [0.15, 0.2) is 11.6 Å². The van der Waals surface area contributed by atoms with Crippen molar-refractivity contribution in [2.75, 3.05) is 72.5 Å². The van der Waals surface area contributed by atoms with Gasteiger partial charge in [0.1, 0.15) is 12.2 Å². The van der Waals surface area contributed by atoms with Crippen LogP contribution in [0.2, 0.25) is 5.02 Å². The molecule has 1 aromatic carbocycles. The first-order valence-electron chi connectivity index (χ1n) is 15.1. The van der Waals surface area contributed by atoms with E-state index in [0.717, 1.165) is 18.2 Å². The van der Waals surface area contributed by atoms with E-state index in [1.54, 1.807) is 22.9 Å². The number of alkyl halides is 3. The second-order valence-corrected chi connectivity index (χ2v) is 12.5. The van der Waals surface area contributed by atoms with E-state index in [9.17, 15) is 27.9 Å². The van der Waals surface area contributed by atoms with Crippen molar-refractivity contribution >= 4 is 46.4 Å². The molecule has 3 aliphatic rings. The minimum atomic E-state index is -4.59. The molecule has 0 atom stereocenters. The summed E-state index contributed by atoms with van der Waals surface area (Å²) in [5, 5.41) is 17.2. The van der Waals surface area contributed by atoms with Gasteiger partial charge in [-0.3, -0.25) is 9.59 Å². The van der Waals surface area contributed by atoms with Gasteiger partial charge in [-0.05, 0) is 36.8 Å². The molecule has 7 rings (SSSR count). The zero-order valence-electron chi connectivity index (χ0n) is 25.3. The maximum absolute atomic E-state index is 14.1. The Morgan fingerprint density at radius 1 is 1.11 bits per heavy atom. The molecule has 0 saturated carbocycles. The molecule has 1 spiro atoms. The predicted molar refractivity (Wildman–Crippen MR) is 168 cm³/mol. The number of carbonyl (C=O) groups is 1. The number of halogens is 4. The summed E-state index contributed by atoms with van der Waals surface area (Å²) in [5.74, 6) is 0.470. The Bertz CT molecular complexity index is 1910. The molecule has 3 fully saturated rings. The van der Waals surface area contributed by atoms with Crippen LogP contribution in [-0.2, 0) is 28.7 Å². The number of pyridine rings is 1. The smallest absolute Gasteiger partial charge is 0.416 e. The van der Waals surface area contributed by atoms with Crippen LogP contribution in [0.5, 0.6) is 5.75 Å². The van der Waals surface area contributed by atoms with Gasteiger partial charge in [0.05, 0.1) is 40.6 Å². The third-order valence-electron chi connectivity index (χ3n) is 8.83. The molecule has 17 heteroatoms. The molecule has 0 unspecified atom stereocenters. The molecule has 3 aromatic heterocycles. The van der Waals surface area contributed by atoms with Crippen molar-refractivity contribution in [3.8, 4) is 5.75 Å². The summed E-state index contributed by atoms with van der Waals surface area (Å²) < 4.78 is 47.7. The molecule has 3 saturated heterocycles. The van der Waals surface area contributed by atoms with Gasteiger partial charge in [-0.2, -0.15) is 22.7 Å². The van der Waals surface area contributed by atoms with Gasteiger partial charge in [0, 0.05) is 45.5 Å². The second kappa shape index (κ2) is 11.6. The largest absolute Gasteiger partial charge is 0.504 e. The fourth-order valence-corrected chi connectivity index (χ4v) is 6.66. The number of ether oxygens (including phenoxy) is 1. The molecule has 4 aromatic rings. The Morgan fingerprint density at radius 2 is 1.83 bits per heavy atom. The lowest BCUT2D eigenvalue weighted by atomic mass is 9.78. The zero-order chi connectivity index (χ0) is 33.1. The van der Waals surface area contributed by atoms with Gasteiger partial charge in [0.2, 0.25) is 17.6 Å². The third kappa shape index (κ3) is 5.58. The first kappa shape index (κ1) is 31.1. The number of rotatable bonds is 7. The number of aromatic hydroxyl groups is 1. The van der Waals surface area contributed by atoms with Gasteiger partial charge >= 0.3 is 6.18 Å². The summed E-state index contributed by atoms with van der Waals surface area (Å²) in [5.41, 5.74) is -0.309. The number of hydrogen-bond donors (Lipinski definition) is 2. The van der Waals surface area contributed by atoms with Gasteiger partial charge in [0.25, 0.3) is 5.56 Å². The summed E-state index contributed by atoms with van der Waals surface area (Å²) in [6.45, 7) is 6.02. The number of aromatic nitrogens is 5. The number of carbonyl (C=O) groups excluding carboxylic acids is 1. The van der Waals surface area contributed by atoms with Crippen molar-refractivity contribution in [2.24, 2.45) is 5.41 Å². The van der Waals surface area contributed by atoms with Crippen LogP contribution in [0.1, 0.15) is 18.2 Å². The molecule has 6 heterocycles. The Balaban J connectivity index is 1.22. The highest BCUT2D eigenvalue weighted by atomic mass is 35.5. The summed E-state index contributed by atoms with van der Waals surface area (Å²) in [4.78, 5) is 42.4. The van der Waals surface area contributed by atoms with E-state index in [0.29, 0.717) is 82.1 Å². The minimum absolute atomic E-state index is 0.0182. The maximum Gasteiger partial charge on any atom is 0.416 e.